The third-order valence-electron chi connectivity index (χ3n) is 4.67. The first-order chi connectivity index (χ1) is 12.3. The van der Waals surface area contributed by atoms with E-state index < -0.39 is 10.0 Å². The number of piperidine rings is 1. The fourth-order valence-corrected chi connectivity index (χ4v) is 4.69. The monoisotopic (exact) mass is 402 g/mol. The van der Waals surface area contributed by atoms with Crippen molar-refractivity contribution in [3.05, 3.63) is 22.4 Å². The average molecular weight is 403 g/mol. The summed E-state index contributed by atoms with van der Waals surface area (Å²) in [5, 5.41) is 5.12. The molecular formula is C17H30N4O3S2. The summed E-state index contributed by atoms with van der Waals surface area (Å²) in [7, 11) is 0.830. The number of nitrogens with zero attached hydrogens (tertiary/aromatic N) is 2. The number of likely N-dealkylation sites (tertiary alicyclic amines) is 1. The van der Waals surface area contributed by atoms with Gasteiger partial charge in [0.25, 0.3) is 0 Å². The van der Waals surface area contributed by atoms with Gasteiger partial charge in [-0.15, -0.1) is 11.3 Å². The van der Waals surface area contributed by atoms with Crippen molar-refractivity contribution in [1.29, 1.82) is 0 Å². The summed E-state index contributed by atoms with van der Waals surface area (Å²) in [6.07, 6.45) is 4.78. The Bertz CT molecular complexity index is 662. The van der Waals surface area contributed by atoms with Crippen LogP contribution in [0, 0.1) is 0 Å². The number of hydrogen-bond donors (Lipinski definition) is 2. The molecule has 2 atom stereocenters. The Balaban J connectivity index is 1.90. The van der Waals surface area contributed by atoms with E-state index in [9.17, 15) is 13.2 Å². The predicted octanol–water partition coefficient (Wildman–Crippen LogP) is 1.85. The minimum atomic E-state index is -3.19. The summed E-state index contributed by atoms with van der Waals surface area (Å²) >= 11 is 1.69. The standard InChI is InChI=1S/C17H30N4O3S2/c1-20(2)15(16-8-6-12-25-16)13-18-17(22)21-11-5-4-7-14(21)9-10-19-26(3,23)24/h6,8,12,14-15,19H,4-5,7,9-11,13H2,1-3H3,(H,18,22)/t14-,15-/m0/s1. The summed E-state index contributed by atoms with van der Waals surface area (Å²) in [5.74, 6) is 0. The number of amides is 2. The average Bonchev–Trinajstić information content (AvgIpc) is 3.08. The van der Waals surface area contributed by atoms with Gasteiger partial charge in [-0.2, -0.15) is 0 Å². The molecule has 0 radical (unpaired) electrons. The fourth-order valence-electron chi connectivity index (χ4n) is 3.28. The lowest BCUT2D eigenvalue weighted by atomic mass is 10.00. The van der Waals surface area contributed by atoms with Crippen molar-refractivity contribution < 1.29 is 13.2 Å². The van der Waals surface area contributed by atoms with E-state index in [4.69, 9.17) is 0 Å². The van der Waals surface area contributed by atoms with Crippen LogP contribution < -0.4 is 10.0 Å². The maximum atomic E-state index is 12.7. The number of carbonyl (C=O) groups excluding carboxylic acids is 1. The number of thiophene rings is 1. The summed E-state index contributed by atoms with van der Waals surface area (Å²) in [6.45, 7) is 1.64. The number of carbonyl (C=O) groups is 1. The van der Waals surface area contributed by atoms with Gasteiger partial charge in [-0.25, -0.2) is 17.9 Å². The zero-order chi connectivity index (χ0) is 19.2. The minimum absolute atomic E-state index is 0.0579. The van der Waals surface area contributed by atoms with Crippen molar-refractivity contribution in [3.63, 3.8) is 0 Å². The molecule has 0 spiro atoms. The van der Waals surface area contributed by atoms with Gasteiger partial charge in [0.05, 0.1) is 12.3 Å². The molecule has 2 rings (SSSR count). The molecule has 0 bridgehead atoms. The van der Waals surface area contributed by atoms with Crippen LogP contribution in [-0.2, 0) is 10.0 Å². The maximum absolute atomic E-state index is 12.7. The molecule has 9 heteroatoms. The molecule has 0 unspecified atom stereocenters. The highest BCUT2D eigenvalue weighted by Gasteiger charge is 2.27. The highest BCUT2D eigenvalue weighted by atomic mass is 32.2. The lowest BCUT2D eigenvalue weighted by molar-refractivity contribution is 0.144. The quantitative estimate of drug-likeness (QED) is 0.695. The minimum Gasteiger partial charge on any atom is -0.336 e. The van der Waals surface area contributed by atoms with Crippen molar-refractivity contribution >= 4 is 27.4 Å². The topological polar surface area (TPSA) is 81.8 Å². The van der Waals surface area contributed by atoms with Crippen molar-refractivity contribution in [2.45, 2.75) is 37.8 Å². The van der Waals surface area contributed by atoms with Gasteiger partial charge in [0, 0.05) is 30.6 Å². The lowest BCUT2D eigenvalue weighted by Crippen LogP contribution is -2.50. The van der Waals surface area contributed by atoms with E-state index in [1.54, 1.807) is 11.3 Å². The third kappa shape index (κ3) is 6.53. The number of sulfonamides is 1. The number of rotatable bonds is 8. The van der Waals surface area contributed by atoms with Gasteiger partial charge < -0.3 is 15.1 Å². The van der Waals surface area contributed by atoms with Gasteiger partial charge in [-0.3, -0.25) is 0 Å². The van der Waals surface area contributed by atoms with Crippen LogP contribution in [0.4, 0.5) is 4.79 Å². The number of nitrogens with one attached hydrogen (secondary N) is 2. The van der Waals surface area contributed by atoms with Gasteiger partial charge >= 0.3 is 6.03 Å². The smallest absolute Gasteiger partial charge is 0.317 e. The molecular weight excluding hydrogens is 372 g/mol. The number of likely N-dealkylation sites (N-methyl/N-ethyl adjacent to an activating group) is 1. The number of urea groups is 1. The summed E-state index contributed by atoms with van der Waals surface area (Å²) in [4.78, 5) is 17.9. The molecule has 1 saturated heterocycles. The second-order valence-electron chi connectivity index (χ2n) is 6.98. The highest BCUT2D eigenvalue weighted by Crippen LogP contribution is 2.23. The summed E-state index contributed by atoms with van der Waals surface area (Å²) < 4.78 is 25.0. The van der Waals surface area contributed by atoms with E-state index in [2.05, 4.69) is 21.0 Å². The molecule has 1 fully saturated rings. The Hall–Kier alpha value is -1.16. The van der Waals surface area contributed by atoms with E-state index in [0.29, 0.717) is 19.5 Å². The lowest BCUT2D eigenvalue weighted by Gasteiger charge is -2.36. The predicted molar refractivity (Wildman–Crippen MR) is 106 cm³/mol. The Morgan fingerprint density at radius 2 is 2.19 bits per heavy atom. The first-order valence-electron chi connectivity index (χ1n) is 8.97. The van der Waals surface area contributed by atoms with Gasteiger partial charge in [-0.05, 0) is 51.2 Å². The Morgan fingerprint density at radius 1 is 1.42 bits per heavy atom. The van der Waals surface area contributed by atoms with Crippen LogP contribution in [0.5, 0.6) is 0 Å². The first-order valence-corrected chi connectivity index (χ1v) is 11.7. The van der Waals surface area contributed by atoms with E-state index >= 15 is 0 Å². The largest absolute Gasteiger partial charge is 0.336 e. The Labute approximate surface area is 160 Å². The van der Waals surface area contributed by atoms with E-state index in [0.717, 1.165) is 32.1 Å². The van der Waals surface area contributed by atoms with E-state index in [1.165, 1.54) is 4.88 Å². The molecule has 1 aromatic rings. The molecule has 148 valence electrons. The van der Waals surface area contributed by atoms with Crippen LogP contribution in [-0.4, -0.2) is 70.3 Å². The van der Waals surface area contributed by atoms with Crippen LogP contribution in [0.25, 0.3) is 0 Å². The molecule has 0 saturated carbocycles. The molecule has 2 heterocycles. The Morgan fingerprint density at radius 3 is 2.81 bits per heavy atom. The van der Waals surface area contributed by atoms with Crippen LogP contribution in [0.2, 0.25) is 0 Å². The fraction of sp³-hybridized carbons (Fsp3) is 0.706. The zero-order valence-electron chi connectivity index (χ0n) is 15.8. The van der Waals surface area contributed by atoms with Crippen molar-refractivity contribution in [2.24, 2.45) is 0 Å². The summed E-state index contributed by atoms with van der Waals surface area (Å²) in [6, 6.07) is 4.28. The second-order valence-corrected chi connectivity index (χ2v) is 9.79. The van der Waals surface area contributed by atoms with E-state index in [-0.39, 0.29) is 18.1 Å². The molecule has 1 aliphatic heterocycles. The van der Waals surface area contributed by atoms with Gasteiger partial charge in [0.2, 0.25) is 10.0 Å². The first kappa shape index (κ1) is 21.1. The van der Waals surface area contributed by atoms with Gasteiger partial charge in [-0.1, -0.05) is 6.07 Å². The summed E-state index contributed by atoms with van der Waals surface area (Å²) in [5.41, 5.74) is 0. The van der Waals surface area contributed by atoms with Crippen LogP contribution in [0.1, 0.15) is 36.6 Å². The molecule has 0 aliphatic carbocycles. The molecule has 2 amide bonds. The molecule has 2 N–H and O–H groups in total. The van der Waals surface area contributed by atoms with Gasteiger partial charge in [0.15, 0.2) is 0 Å². The van der Waals surface area contributed by atoms with Crippen molar-refractivity contribution in [1.82, 2.24) is 19.8 Å². The maximum Gasteiger partial charge on any atom is 0.317 e. The second kappa shape index (κ2) is 9.68. The SMILES string of the molecule is CN(C)[C@@H](CNC(=O)N1CCCC[C@H]1CCNS(C)(=O)=O)c1cccs1. The molecule has 26 heavy (non-hydrogen) atoms. The molecule has 0 aromatic carbocycles. The van der Waals surface area contributed by atoms with E-state index in [1.807, 2.05) is 30.4 Å². The highest BCUT2D eigenvalue weighted by molar-refractivity contribution is 7.88. The molecule has 1 aliphatic rings. The third-order valence-corrected chi connectivity index (χ3v) is 6.37. The number of hydrogen-bond acceptors (Lipinski definition) is 5. The van der Waals surface area contributed by atoms with Crippen molar-refractivity contribution in [3.8, 4) is 0 Å². The Kier molecular flexibility index (Phi) is 7.87. The normalized spacial score (nSPS) is 19.5. The van der Waals surface area contributed by atoms with Crippen molar-refractivity contribution in [2.75, 3.05) is 40.0 Å². The van der Waals surface area contributed by atoms with Crippen LogP contribution in [0.3, 0.4) is 0 Å². The zero-order valence-corrected chi connectivity index (χ0v) is 17.4. The molecule has 1 aromatic heterocycles. The van der Waals surface area contributed by atoms with Crippen LogP contribution >= 0.6 is 11.3 Å². The van der Waals surface area contributed by atoms with Gasteiger partial charge in [0.1, 0.15) is 0 Å². The van der Waals surface area contributed by atoms with Crippen LogP contribution in [0.15, 0.2) is 17.5 Å². The molecule has 7 nitrogen and oxygen atoms in total.